The van der Waals surface area contributed by atoms with E-state index in [1.165, 1.54) is 59.3 Å². The van der Waals surface area contributed by atoms with Crippen LogP contribution in [0.4, 0.5) is 5.69 Å². The summed E-state index contributed by atoms with van der Waals surface area (Å²) in [5, 5.41) is 50.9. The molecule has 0 spiro atoms. The summed E-state index contributed by atoms with van der Waals surface area (Å²) in [5.41, 5.74) is -0.0402. The van der Waals surface area contributed by atoms with Gasteiger partial charge in [0.1, 0.15) is 23.4 Å². The number of carbonyl (C=O) groups excluding carboxylic acids is 4. The minimum absolute atomic E-state index is 0.0652. The van der Waals surface area contributed by atoms with Gasteiger partial charge in [-0.1, -0.05) is 45.9 Å². The minimum Gasteiger partial charge on any atom is -0.507 e. The zero-order chi connectivity index (χ0) is 42.7. The number of benzene rings is 2. The van der Waals surface area contributed by atoms with E-state index in [1.54, 1.807) is 53.7 Å². The lowest BCUT2D eigenvalue weighted by atomic mass is 9.78. The topological polar surface area (TPSA) is 219 Å². The molecule has 9 atom stereocenters. The number of rotatable bonds is 6. The first-order valence-electron chi connectivity index (χ1n) is 18.9. The third-order valence-electron chi connectivity index (χ3n) is 10.6. The van der Waals surface area contributed by atoms with Crippen LogP contribution >= 0.6 is 0 Å². The van der Waals surface area contributed by atoms with Crippen molar-refractivity contribution in [2.24, 2.45) is 23.7 Å². The second kappa shape index (κ2) is 18.0. The Balaban J connectivity index is 1.93. The van der Waals surface area contributed by atoms with Crippen LogP contribution in [0.5, 0.6) is 23.0 Å². The van der Waals surface area contributed by atoms with Gasteiger partial charge >= 0.3 is 11.8 Å². The highest BCUT2D eigenvalue weighted by Gasteiger charge is 2.49. The quantitative estimate of drug-likeness (QED) is 0.169. The largest absolute Gasteiger partial charge is 0.507 e. The molecular weight excluding hydrogens is 740 g/mol. The Morgan fingerprint density at radius 3 is 2.26 bits per heavy atom. The van der Waals surface area contributed by atoms with Crippen molar-refractivity contribution in [1.29, 1.82) is 0 Å². The van der Waals surface area contributed by atoms with Gasteiger partial charge in [-0.3, -0.25) is 19.2 Å². The lowest BCUT2D eigenvalue weighted by molar-refractivity contribution is -0.160. The van der Waals surface area contributed by atoms with E-state index < -0.39 is 95.5 Å². The number of hydrogen-bond acceptors (Lipinski definition) is 13. The average molecular weight is 797 g/mol. The molecule has 5 rings (SSSR count). The van der Waals surface area contributed by atoms with E-state index in [0.29, 0.717) is 0 Å². The Morgan fingerprint density at radius 1 is 0.982 bits per heavy atom. The number of amides is 2. The van der Waals surface area contributed by atoms with E-state index in [-0.39, 0.29) is 50.7 Å². The number of ether oxygens (including phenoxy) is 5. The molecule has 0 saturated carbocycles. The van der Waals surface area contributed by atoms with Crippen LogP contribution in [0.15, 0.2) is 42.2 Å². The molecule has 0 unspecified atom stereocenters. The second-order valence-corrected chi connectivity index (χ2v) is 15.4. The number of hydrogen-bond donors (Lipinski definition) is 6. The number of ketones is 1. The van der Waals surface area contributed by atoms with Gasteiger partial charge in [0.05, 0.1) is 41.2 Å². The predicted molar refractivity (Wildman–Crippen MR) is 211 cm³/mol. The van der Waals surface area contributed by atoms with Crippen LogP contribution in [-0.4, -0.2) is 94.0 Å². The summed E-state index contributed by atoms with van der Waals surface area (Å²) in [6.45, 7) is 15.5. The molecule has 15 nitrogen and oxygen atoms in total. The Kier molecular flexibility index (Phi) is 14.1. The van der Waals surface area contributed by atoms with Gasteiger partial charge in [-0.05, 0) is 33.8 Å². The molecule has 6 N–H and O–H groups in total. The van der Waals surface area contributed by atoms with Crippen LogP contribution in [0.2, 0.25) is 0 Å². The van der Waals surface area contributed by atoms with Gasteiger partial charge in [-0.2, -0.15) is 0 Å². The summed E-state index contributed by atoms with van der Waals surface area (Å²) in [4.78, 5) is 52.9. The van der Waals surface area contributed by atoms with Crippen molar-refractivity contribution in [2.45, 2.75) is 105 Å². The molecule has 2 aromatic rings. The molecule has 0 radical (unpaired) electrons. The summed E-state index contributed by atoms with van der Waals surface area (Å²) in [6, 6.07) is 1.03. The monoisotopic (exact) mass is 796 g/mol. The third-order valence-corrected chi connectivity index (χ3v) is 10.6. The van der Waals surface area contributed by atoms with E-state index >= 15 is 0 Å². The number of aliphatic hydroxyl groups excluding tert-OH is 2. The maximum atomic E-state index is 14.4. The highest BCUT2D eigenvalue weighted by Crippen LogP contribution is 2.54. The second-order valence-electron chi connectivity index (χ2n) is 15.4. The van der Waals surface area contributed by atoms with Crippen LogP contribution in [0.25, 0.3) is 10.8 Å². The Hall–Kier alpha value is -5.12. The van der Waals surface area contributed by atoms with Crippen molar-refractivity contribution >= 4 is 40.0 Å². The molecular formula is C42H56N2O13. The SMILES string of the molecule is CO[C@H]1/C=C/O[C@@]2(C)Oc3c(C)c(O)c4c(O)c(cc(OCC(=O)NC(C)C)c4c3C2=O)NC(=O)/C(C)=C\C=C\[C@H](C)[C@H](O)[C@@H](C)[C@@H](O)[C@@H](C)[C@H](OC(C)=O)[C@@H]1C. The summed E-state index contributed by atoms with van der Waals surface area (Å²) in [6.07, 6.45) is 3.56. The number of Topliss-reactive ketones (excluding diaryl/α,β-unsaturated/α-hetero) is 1. The highest BCUT2D eigenvalue weighted by atomic mass is 16.7. The van der Waals surface area contributed by atoms with Gasteiger partial charge in [-0.15, -0.1) is 0 Å². The van der Waals surface area contributed by atoms with Gasteiger partial charge in [-0.25, -0.2) is 0 Å². The first-order chi connectivity index (χ1) is 26.6. The Morgan fingerprint density at radius 2 is 1.65 bits per heavy atom. The minimum atomic E-state index is -2.02. The van der Waals surface area contributed by atoms with Crippen molar-refractivity contribution in [1.82, 2.24) is 5.32 Å². The molecule has 0 aromatic heterocycles. The molecule has 0 saturated heterocycles. The number of nitrogens with one attached hydrogen (secondary N) is 2. The third kappa shape index (κ3) is 9.37. The molecule has 2 aromatic carbocycles. The number of esters is 1. The molecule has 3 aliphatic heterocycles. The number of phenols is 2. The maximum absolute atomic E-state index is 14.4. The van der Waals surface area contributed by atoms with Crippen molar-refractivity contribution in [3.05, 3.63) is 53.3 Å². The molecule has 312 valence electrons. The molecule has 57 heavy (non-hydrogen) atoms. The van der Waals surface area contributed by atoms with Crippen molar-refractivity contribution < 1.29 is 63.3 Å². The first-order valence-corrected chi connectivity index (χ1v) is 18.9. The number of methoxy groups -OCH3 is 1. The van der Waals surface area contributed by atoms with E-state index in [4.69, 9.17) is 23.7 Å². The fraction of sp³-hybridized carbons (Fsp3) is 0.524. The van der Waals surface area contributed by atoms with Gasteiger partial charge in [0.2, 0.25) is 0 Å². The van der Waals surface area contributed by atoms with Crippen LogP contribution in [0, 0.1) is 30.6 Å². The first kappa shape index (κ1) is 44.6. The number of carbonyl (C=O) groups is 4. The zero-order valence-electron chi connectivity index (χ0n) is 34.3. The summed E-state index contributed by atoms with van der Waals surface area (Å²) >= 11 is 0. The summed E-state index contributed by atoms with van der Waals surface area (Å²) < 4.78 is 29.5. The maximum Gasteiger partial charge on any atom is 0.312 e. The van der Waals surface area contributed by atoms with Gasteiger partial charge in [0, 0.05) is 73.3 Å². The molecule has 15 heteroatoms. The molecule has 3 heterocycles. The van der Waals surface area contributed by atoms with Crippen molar-refractivity contribution in [2.75, 3.05) is 19.0 Å². The van der Waals surface area contributed by atoms with E-state index in [9.17, 15) is 39.6 Å². The standard InChI is InChI=1S/C42H56N2O13/c1-19(2)43-30(46)18-54-29-17-27-37(50)32-31(29)33-39(25(8)36(32)49)57-42(10,40(33)51)55-16-15-28(53-11)22(5)38(56-26(9)45)24(7)35(48)23(6)34(47)20(3)13-12-14-21(4)41(52)44-27/h12-17,19-20,22-24,28,34-35,38,47-50H,18H2,1-11H3,(H,43,46)(H,44,52)/b13-12+,16-15+,21-14-/t20-,22+,23+,24+,28-,34-,35+,38+,42-/m0/s1. The number of allylic oxidation sites excluding steroid dienone is 2. The molecule has 2 amide bonds. The van der Waals surface area contributed by atoms with E-state index in [1.807, 2.05) is 0 Å². The Bertz CT molecular complexity index is 1970. The van der Waals surface area contributed by atoms with Crippen LogP contribution in [0.3, 0.4) is 0 Å². The molecule has 0 aliphatic carbocycles. The smallest absolute Gasteiger partial charge is 0.312 e. The molecule has 3 aliphatic rings. The van der Waals surface area contributed by atoms with Crippen molar-refractivity contribution in [3.63, 3.8) is 0 Å². The van der Waals surface area contributed by atoms with E-state index in [2.05, 4.69) is 10.6 Å². The fourth-order valence-electron chi connectivity index (χ4n) is 7.26. The number of phenolic OH excluding ortho intramolecular Hbond substituents is 2. The predicted octanol–water partition coefficient (Wildman–Crippen LogP) is 4.95. The van der Waals surface area contributed by atoms with Crippen LogP contribution in [0.1, 0.15) is 78.2 Å². The highest BCUT2D eigenvalue weighted by molar-refractivity contribution is 6.21. The van der Waals surface area contributed by atoms with Gasteiger partial charge in [0.25, 0.3) is 17.6 Å². The molecule has 5 bridgehead atoms. The van der Waals surface area contributed by atoms with Crippen LogP contribution < -0.4 is 20.1 Å². The van der Waals surface area contributed by atoms with Gasteiger partial charge in [0.15, 0.2) is 12.4 Å². The Labute approximate surface area is 332 Å². The normalized spacial score (nSPS) is 30.5. The number of anilines is 1. The lowest BCUT2D eigenvalue weighted by Gasteiger charge is -2.38. The fourth-order valence-corrected chi connectivity index (χ4v) is 7.26. The number of fused-ring (bicyclic) bond motifs is 14. The molecule has 0 fully saturated rings. The van der Waals surface area contributed by atoms with Gasteiger partial charge < -0.3 is 54.7 Å². The number of aromatic hydroxyl groups is 2. The van der Waals surface area contributed by atoms with E-state index in [0.717, 1.165) is 0 Å². The average Bonchev–Trinajstić information content (AvgIpc) is 3.41. The summed E-state index contributed by atoms with van der Waals surface area (Å²) in [7, 11) is 1.43. The number of aliphatic hydroxyl groups is 2. The van der Waals surface area contributed by atoms with Crippen LogP contribution in [-0.2, 0) is 28.6 Å². The van der Waals surface area contributed by atoms with Crippen molar-refractivity contribution in [3.8, 4) is 23.0 Å². The lowest BCUT2D eigenvalue weighted by Crippen LogP contribution is -2.46. The summed E-state index contributed by atoms with van der Waals surface area (Å²) in [5.74, 6) is -8.20. The zero-order valence-corrected chi connectivity index (χ0v) is 34.3.